The summed E-state index contributed by atoms with van der Waals surface area (Å²) in [7, 11) is 4.41. The topological polar surface area (TPSA) is 71.1 Å². The highest BCUT2D eigenvalue weighted by Crippen LogP contribution is 2.38. The molecule has 2 rings (SSSR count). The summed E-state index contributed by atoms with van der Waals surface area (Å²) in [6.45, 7) is -0.344. The Morgan fingerprint density at radius 3 is 2.21 bits per heavy atom. The van der Waals surface area contributed by atoms with E-state index in [0.717, 1.165) is 4.88 Å². The summed E-state index contributed by atoms with van der Waals surface area (Å²) in [5.74, 6) is 0.327. The van der Waals surface area contributed by atoms with E-state index in [1.54, 1.807) is 0 Å². The van der Waals surface area contributed by atoms with E-state index in [1.807, 2.05) is 17.5 Å². The molecule has 0 fully saturated rings. The number of Topliss-reactive ketones (excluding diaryl/α,β-unsaturated/α-hetero) is 1. The minimum atomic E-state index is -0.446. The van der Waals surface area contributed by atoms with E-state index in [2.05, 4.69) is 0 Å². The number of rotatable bonds is 8. The van der Waals surface area contributed by atoms with Crippen LogP contribution in [0.1, 0.15) is 15.2 Å². The van der Waals surface area contributed by atoms with Crippen LogP contribution in [0.3, 0.4) is 0 Å². The maximum Gasteiger partial charge on any atom is 0.311 e. The number of carbonyl (C=O) groups excluding carboxylic acids is 2. The van der Waals surface area contributed by atoms with Gasteiger partial charge in [0.25, 0.3) is 0 Å². The van der Waals surface area contributed by atoms with Crippen LogP contribution in [0.2, 0.25) is 0 Å². The molecule has 0 amide bonds. The number of esters is 1. The third kappa shape index (κ3) is 4.26. The number of thiophene rings is 1. The standard InChI is InChI=1S/C17H18O6S/c1-20-14-7-11(8-15(21-2)17(14)22-3)13(18)10-23-16(19)9-12-5-4-6-24-12/h4-8H,9-10H2,1-3H3. The number of benzene rings is 1. The maximum atomic E-state index is 12.3. The third-order valence-electron chi connectivity index (χ3n) is 3.25. The first-order valence-electron chi connectivity index (χ1n) is 7.10. The zero-order valence-electron chi connectivity index (χ0n) is 13.7. The summed E-state index contributed by atoms with van der Waals surface area (Å²) >= 11 is 1.46. The molecule has 0 saturated heterocycles. The Labute approximate surface area is 143 Å². The van der Waals surface area contributed by atoms with Gasteiger partial charge in [-0.2, -0.15) is 0 Å². The molecule has 0 bridgehead atoms. The van der Waals surface area contributed by atoms with Crippen molar-refractivity contribution in [2.75, 3.05) is 27.9 Å². The monoisotopic (exact) mass is 350 g/mol. The van der Waals surface area contributed by atoms with E-state index >= 15 is 0 Å². The molecule has 0 aliphatic rings. The van der Waals surface area contributed by atoms with Crippen molar-refractivity contribution in [2.45, 2.75) is 6.42 Å². The second kappa shape index (κ2) is 8.35. The number of carbonyl (C=O) groups is 2. The van der Waals surface area contributed by atoms with Crippen molar-refractivity contribution < 1.29 is 28.5 Å². The molecule has 0 aliphatic carbocycles. The van der Waals surface area contributed by atoms with Crippen LogP contribution in [0.25, 0.3) is 0 Å². The molecule has 0 atom stereocenters. The van der Waals surface area contributed by atoms with Crippen LogP contribution in [-0.4, -0.2) is 39.7 Å². The predicted molar refractivity (Wildman–Crippen MR) is 89.4 cm³/mol. The SMILES string of the molecule is COc1cc(C(=O)COC(=O)Cc2cccs2)cc(OC)c1OC. The first kappa shape index (κ1) is 17.8. The second-order valence-electron chi connectivity index (χ2n) is 4.75. The van der Waals surface area contributed by atoms with E-state index in [0.29, 0.717) is 22.8 Å². The molecule has 24 heavy (non-hydrogen) atoms. The Morgan fingerprint density at radius 2 is 1.71 bits per heavy atom. The number of hydrogen-bond donors (Lipinski definition) is 0. The van der Waals surface area contributed by atoms with Gasteiger partial charge >= 0.3 is 5.97 Å². The number of hydrogen-bond acceptors (Lipinski definition) is 7. The van der Waals surface area contributed by atoms with Crippen molar-refractivity contribution in [3.05, 3.63) is 40.1 Å². The predicted octanol–water partition coefficient (Wildman–Crippen LogP) is 2.74. The van der Waals surface area contributed by atoms with Crippen molar-refractivity contribution in [3.63, 3.8) is 0 Å². The Balaban J connectivity index is 2.05. The van der Waals surface area contributed by atoms with Crippen molar-refractivity contribution in [2.24, 2.45) is 0 Å². The van der Waals surface area contributed by atoms with Gasteiger partial charge in [-0.3, -0.25) is 9.59 Å². The first-order chi connectivity index (χ1) is 11.6. The second-order valence-corrected chi connectivity index (χ2v) is 5.79. The summed E-state index contributed by atoms with van der Waals surface area (Å²) in [6, 6.07) is 6.74. The number of methoxy groups -OCH3 is 3. The van der Waals surface area contributed by atoms with Gasteiger partial charge in [0.05, 0.1) is 27.8 Å². The summed E-state index contributed by atoms with van der Waals surface area (Å²) in [5.41, 5.74) is 0.313. The lowest BCUT2D eigenvalue weighted by atomic mass is 10.1. The minimum Gasteiger partial charge on any atom is -0.493 e. The highest BCUT2D eigenvalue weighted by atomic mass is 32.1. The van der Waals surface area contributed by atoms with Gasteiger partial charge < -0.3 is 18.9 Å². The summed E-state index contributed by atoms with van der Waals surface area (Å²) in [5, 5.41) is 1.88. The normalized spacial score (nSPS) is 10.1. The molecule has 6 nitrogen and oxygen atoms in total. The average molecular weight is 350 g/mol. The highest BCUT2D eigenvalue weighted by Gasteiger charge is 2.18. The Kier molecular flexibility index (Phi) is 6.20. The molecule has 0 saturated carbocycles. The molecule has 0 unspecified atom stereocenters. The summed E-state index contributed by atoms with van der Waals surface area (Å²) < 4.78 is 20.6. The lowest BCUT2D eigenvalue weighted by Gasteiger charge is -2.13. The molecule has 7 heteroatoms. The number of ketones is 1. The van der Waals surface area contributed by atoms with Crippen LogP contribution in [0.4, 0.5) is 0 Å². The fourth-order valence-electron chi connectivity index (χ4n) is 2.08. The molecular weight excluding hydrogens is 332 g/mol. The highest BCUT2D eigenvalue weighted by molar-refractivity contribution is 7.10. The van der Waals surface area contributed by atoms with E-state index < -0.39 is 5.97 Å². The van der Waals surface area contributed by atoms with Gasteiger partial charge in [0, 0.05) is 10.4 Å². The molecule has 0 aliphatic heterocycles. The Morgan fingerprint density at radius 1 is 1.04 bits per heavy atom. The van der Waals surface area contributed by atoms with Crippen molar-refractivity contribution >= 4 is 23.1 Å². The molecule has 1 heterocycles. The smallest absolute Gasteiger partial charge is 0.311 e. The van der Waals surface area contributed by atoms with E-state index in [9.17, 15) is 9.59 Å². The van der Waals surface area contributed by atoms with Gasteiger partial charge in [-0.15, -0.1) is 11.3 Å². The van der Waals surface area contributed by atoms with Crippen LogP contribution in [0.5, 0.6) is 17.2 Å². The molecule has 0 N–H and O–H groups in total. The Bertz CT molecular complexity index is 683. The lowest BCUT2D eigenvalue weighted by Crippen LogP contribution is -2.15. The third-order valence-corrected chi connectivity index (χ3v) is 4.13. The fraction of sp³-hybridized carbons (Fsp3) is 0.294. The fourth-order valence-corrected chi connectivity index (χ4v) is 2.77. The molecule has 0 radical (unpaired) electrons. The zero-order valence-corrected chi connectivity index (χ0v) is 14.5. The van der Waals surface area contributed by atoms with Gasteiger partial charge in [-0.05, 0) is 23.6 Å². The van der Waals surface area contributed by atoms with Gasteiger partial charge in [0.2, 0.25) is 11.5 Å². The van der Waals surface area contributed by atoms with E-state index in [1.165, 1.54) is 44.8 Å². The maximum absolute atomic E-state index is 12.3. The van der Waals surface area contributed by atoms with Crippen molar-refractivity contribution in [3.8, 4) is 17.2 Å². The summed E-state index contributed by atoms with van der Waals surface area (Å²) in [6.07, 6.45) is 0.153. The van der Waals surface area contributed by atoms with Gasteiger partial charge in [-0.1, -0.05) is 6.07 Å². The summed E-state index contributed by atoms with van der Waals surface area (Å²) in [4.78, 5) is 24.9. The van der Waals surface area contributed by atoms with E-state index in [4.69, 9.17) is 18.9 Å². The zero-order chi connectivity index (χ0) is 17.5. The first-order valence-corrected chi connectivity index (χ1v) is 7.98. The van der Waals surface area contributed by atoms with Crippen LogP contribution in [0, 0.1) is 0 Å². The van der Waals surface area contributed by atoms with Crippen molar-refractivity contribution in [1.82, 2.24) is 0 Å². The van der Waals surface area contributed by atoms with Gasteiger partial charge in [0.15, 0.2) is 18.1 Å². The molecule has 1 aromatic carbocycles. The van der Waals surface area contributed by atoms with Crippen LogP contribution in [-0.2, 0) is 16.0 Å². The van der Waals surface area contributed by atoms with Crippen LogP contribution >= 0.6 is 11.3 Å². The number of ether oxygens (including phenoxy) is 4. The molecule has 128 valence electrons. The average Bonchev–Trinajstić information content (AvgIpc) is 3.11. The van der Waals surface area contributed by atoms with Crippen LogP contribution in [0.15, 0.2) is 29.6 Å². The quantitative estimate of drug-likeness (QED) is 0.538. The van der Waals surface area contributed by atoms with E-state index in [-0.39, 0.29) is 18.8 Å². The molecule has 2 aromatic rings. The molecule has 1 aromatic heterocycles. The Hall–Kier alpha value is -2.54. The van der Waals surface area contributed by atoms with Gasteiger partial charge in [-0.25, -0.2) is 0 Å². The lowest BCUT2D eigenvalue weighted by molar-refractivity contribution is -0.141. The van der Waals surface area contributed by atoms with Crippen molar-refractivity contribution in [1.29, 1.82) is 0 Å². The minimum absolute atomic E-state index is 0.153. The van der Waals surface area contributed by atoms with Crippen LogP contribution < -0.4 is 14.2 Å². The molecule has 0 spiro atoms. The largest absolute Gasteiger partial charge is 0.493 e. The molecular formula is C17H18O6S. The van der Waals surface area contributed by atoms with Gasteiger partial charge in [0.1, 0.15) is 0 Å².